The third-order valence-electron chi connectivity index (χ3n) is 3.29. The number of sulfonamides is 1. The van der Waals surface area contributed by atoms with Crippen LogP contribution in [-0.4, -0.2) is 44.0 Å². The van der Waals surface area contributed by atoms with E-state index in [0.29, 0.717) is 31.5 Å². The summed E-state index contributed by atoms with van der Waals surface area (Å²) in [6, 6.07) is 9.08. The molecule has 1 aliphatic rings. The molecule has 0 spiro atoms. The highest BCUT2D eigenvalue weighted by molar-refractivity contribution is 7.88. The van der Waals surface area contributed by atoms with Crippen molar-refractivity contribution in [2.24, 2.45) is 0 Å². The van der Waals surface area contributed by atoms with Crippen molar-refractivity contribution in [1.29, 1.82) is 0 Å². The van der Waals surface area contributed by atoms with Crippen LogP contribution in [0.1, 0.15) is 23.2 Å². The van der Waals surface area contributed by atoms with Crippen molar-refractivity contribution in [2.75, 3.05) is 19.3 Å². The van der Waals surface area contributed by atoms with Crippen molar-refractivity contribution in [3.8, 4) is 0 Å². The molecule has 1 N–H and O–H groups in total. The van der Waals surface area contributed by atoms with Crippen molar-refractivity contribution in [2.45, 2.75) is 18.9 Å². The summed E-state index contributed by atoms with van der Waals surface area (Å²) in [6.45, 7) is 0.942. The Hall–Kier alpha value is -1.40. The molecule has 0 aromatic heterocycles. The highest BCUT2D eigenvalue weighted by atomic mass is 32.2. The topological polar surface area (TPSA) is 66.5 Å². The number of carbonyl (C=O) groups excluding carboxylic acids is 1. The number of nitrogens with zero attached hydrogens (tertiary/aromatic N) is 1. The largest absolute Gasteiger partial charge is 0.349 e. The van der Waals surface area contributed by atoms with Crippen molar-refractivity contribution >= 4 is 15.9 Å². The molecule has 0 unspecified atom stereocenters. The van der Waals surface area contributed by atoms with Gasteiger partial charge in [0.1, 0.15) is 0 Å². The predicted molar refractivity (Wildman–Crippen MR) is 73.3 cm³/mol. The molecule has 1 fully saturated rings. The number of benzene rings is 1. The first-order valence-corrected chi connectivity index (χ1v) is 8.12. The van der Waals surface area contributed by atoms with E-state index in [4.69, 9.17) is 0 Å². The van der Waals surface area contributed by atoms with E-state index < -0.39 is 10.0 Å². The number of rotatable bonds is 3. The van der Waals surface area contributed by atoms with Crippen molar-refractivity contribution in [1.82, 2.24) is 9.62 Å². The average Bonchev–Trinajstić information content (AvgIpc) is 2.39. The minimum absolute atomic E-state index is 0.0470. The van der Waals surface area contributed by atoms with Crippen LogP contribution in [0.5, 0.6) is 0 Å². The normalized spacial score (nSPS) is 18.2. The van der Waals surface area contributed by atoms with Crippen LogP contribution in [0.3, 0.4) is 0 Å². The molecule has 1 heterocycles. The van der Waals surface area contributed by atoms with Crippen molar-refractivity contribution < 1.29 is 13.2 Å². The Morgan fingerprint density at radius 3 is 2.32 bits per heavy atom. The summed E-state index contributed by atoms with van der Waals surface area (Å²) < 4.78 is 24.2. The van der Waals surface area contributed by atoms with E-state index in [1.807, 2.05) is 18.2 Å². The van der Waals surface area contributed by atoms with Gasteiger partial charge in [0.25, 0.3) is 5.91 Å². The number of carbonyl (C=O) groups is 1. The van der Waals surface area contributed by atoms with Gasteiger partial charge >= 0.3 is 0 Å². The predicted octanol–water partition coefficient (Wildman–Crippen LogP) is 0.840. The average molecular weight is 282 g/mol. The van der Waals surface area contributed by atoms with E-state index in [-0.39, 0.29) is 11.9 Å². The maximum absolute atomic E-state index is 11.9. The van der Waals surface area contributed by atoms with Crippen LogP contribution in [0.4, 0.5) is 0 Å². The summed E-state index contributed by atoms with van der Waals surface area (Å²) in [6.07, 6.45) is 2.53. The Balaban J connectivity index is 1.88. The number of hydrogen-bond donors (Lipinski definition) is 1. The number of piperidine rings is 1. The smallest absolute Gasteiger partial charge is 0.251 e. The molecule has 1 saturated heterocycles. The van der Waals surface area contributed by atoms with Gasteiger partial charge in [-0.25, -0.2) is 12.7 Å². The third-order valence-corrected chi connectivity index (χ3v) is 4.60. The van der Waals surface area contributed by atoms with Crippen LogP contribution in [-0.2, 0) is 10.0 Å². The first-order valence-electron chi connectivity index (χ1n) is 6.28. The first-order chi connectivity index (χ1) is 8.97. The maximum Gasteiger partial charge on any atom is 0.251 e. The second-order valence-corrected chi connectivity index (χ2v) is 6.76. The van der Waals surface area contributed by atoms with Gasteiger partial charge in [-0.3, -0.25) is 4.79 Å². The molecule has 2 rings (SSSR count). The zero-order valence-electron chi connectivity index (χ0n) is 10.9. The van der Waals surface area contributed by atoms with Crippen LogP contribution in [0.15, 0.2) is 30.3 Å². The lowest BCUT2D eigenvalue weighted by molar-refractivity contribution is 0.0924. The highest BCUT2D eigenvalue weighted by Crippen LogP contribution is 2.13. The first kappa shape index (κ1) is 14.0. The molecular weight excluding hydrogens is 264 g/mol. The molecule has 0 aliphatic carbocycles. The second kappa shape index (κ2) is 5.71. The molecule has 1 aromatic rings. The lowest BCUT2D eigenvalue weighted by Crippen LogP contribution is -2.46. The van der Waals surface area contributed by atoms with Gasteiger partial charge in [-0.1, -0.05) is 18.2 Å². The summed E-state index contributed by atoms with van der Waals surface area (Å²) in [5.41, 5.74) is 0.632. The van der Waals surface area contributed by atoms with Gasteiger partial charge in [0.2, 0.25) is 10.0 Å². The summed E-state index contributed by atoms with van der Waals surface area (Å²) in [4.78, 5) is 11.9. The molecule has 0 atom stereocenters. The number of amides is 1. The Kier molecular flexibility index (Phi) is 4.21. The SMILES string of the molecule is CS(=O)(=O)N1CCC(NC(=O)c2ccccc2)CC1. The summed E-state index contributed by atoms with van der Waals surface area (Å²) in [5, 5.41) is 2.95. The van der Waals surface area contributed by atoms with Crippen LogP contribution in [0, 0.1) is 0 Å². The quantitative estimate of drug-likeness (QED) is 0.893. The van der Waals surface area contributed by atoms with Gasteiger partial charge in [-0.15, -0.1) is 0 Å². The molecule has 6 heteroatoms. The summed E-state index contributed by atoms with van der Waals surface area (Å²) in [5.74, 6) is -0.0987. The van der Waals surface area contributed by atoms with Gasteiger partial charge in [0.15, 0.2) is 0 Å². The van der Waals surface area contributed by atoms with E-state index >= 15 is 0 Å². The lowest BCUT2D eigenvalue weighted by atomic mass is 10.1. The minimum Gasteiger partial charge on any atom is -0.349 e. The standard InChI is InChI=1S/C13H18N2O3S/c1-19(17,18)15-9-7-12(8-10-15)14-13(16)11-5-3-2-4-6-11/h2-6,12H,7-10H2,1H3,(H,14,16). The fourth-order valence-corrected chi connectivity index (χ4v) is 3.06. The maximum atomic E-state index is 11.9. The van der Waals surface area contributed by atoms with Gasteiger partial charge in [-0.2, -0.15) is 0 Å². The van der Waals surface area contributed by atoms with Crippen LogP contribution < -0.4 is 5.32 Å². The fraction of sp³-hybridized carbons (Fsp3) is 0.462. The molecule has 104 valence electrons. The van der Waals surface area contributed by atoms with Crippen LogP contribution >= 0.6 is 0 Å². The lowest BCUT2D eigenvalue weighted by Gasteiger charge is -2.30. The Morgan fingerprint density at radius 1 is 1.21 bits per heavy atom. The molecule has 19 heavy (non-hydrogen) atoms. The molecule has 0 saturated carbocycles. The molecule has 5 nitrogen and oxygen atoms in total. The molecule has 1 aromatic carbocycles. The van der Waals surface area contributed by atoms with Crippen molar-refractivity contribution in [3.63, 3.8) is 0 Å². The molecule has 0 bridgehead atoms. The third kappa shape index (κ3) is 3.78. The van der Waals surface area contributed by atoms with Crippen molar-refractivity contribution in [3.05, 3.63) is 35.9 Å². The second-order valence-electron chi connectivity index (χ2n) is 4.78. The van der Waals surface area contributed by atoms with Gasteiger partial charge < -0.3 is 5.32 Å². The number of hydrogen-bond acceptors (Lipinski definition) is 3. The Bertz CT molecular complexity index is 534. The van der Waals surface area contributed by atoms with E-state index in [9.17, 15) is 13.2 Å². The number of nitrogens with one attached hydrogen (secondary N) is 1. The molecular formula is C13H18N2O3S. The minimum atomic E-state index is -3.11. The molecule has 1 aliphatic heterocycles. The summed E-state index contributed by atoms with van der Waals surface area (Å²) in [7, 11) is -3.11. The van der Waals surface area contributed by atoms with E-state index in [0.717, 1.165) is 0 Å². The summed E-state index contributed by atoms with van der Waals surface area (Å²) >= 11 is 0. The van der Waals surface area contributed by atoms with Crippen LogP contribution in [0.2, 0.25) is 0 Å². The van der Waals surface area contributed by atoms with Gasteiger partial charge in [-0.05, 0) is 25.0 Å². The zero-order valence-corrected chi connectivity index (χ0v) is 11.7. The monoisotopic (exact) mass is 282 g/mol. The molecule has 0 radical (unpaired) electrons. The molecule has 1 amide bonds. The fourth-order valence-electron chi connectivity index (χ4n) is 2.19. The van der Waals surface area contributed by atoms with Gasteiger partial charge in [0.05, 0.1) is 6.26 Å². The van der Waals surface area contributed by atoms with E-state index in [2.05, 4.69) is 5.32 Å². The zero-order chi connectivity index (χ0) is 13.9. The highest BCUT2D eigenvalue weighted by Gasteiger charge is 2.25. The van der Waals surface area contributed by atoms with E-state index in [1.165, 1.54) is 10.6 Å². The van der Waals surface area contributed by atoms with Crippen LogP contribution in [0.25, 0.3) is 0 Å². The Morgan fingerprint density at radius 2 is 1.79 bits per heavy atom. The van der Waals surface area contributed by atoms with Gasteiger partial charge in [0, 0.05) is 24.7 Å². The Labute approximate surface area is 113 Å². The van der Waals surface area contributed by atoms with E-state index in [1.54, 1.807) is 12.1 Å².